The van der Waals surface area contributed by atoms with Crippen molar-refractivity contribution in [1.82, 2.24) is 0 Å². The quantitative estimate of drug-likeness (QED) is 0.719. The van der Waals surface area contributed by atoms with Gasteiger partial charge in [0.2, 0.25) is 0 Å². The maximum atomic E-state index is 11.0. The fourth-order valence-corrected chi connectivity index (χ4v) is 4.12. The van der Waals surface area contributed by atoms with Gasteiger partial charge in [0.15, 0.2) is 0 Å². The standard InChI is InChI=1S/C12H22O3S/c1-12(9-15-16(2,13)14)7-10-4-3-5-11(6-10)8-12/h10-11H,3-9H2,1-2H3. The molecule has 3 nitrogen and oxygen atoms in total. The van der Waals surface area contributed by atoms with Crippen LogP contribution in [0.25, 0.3) is 0 Å². The zero-order valence-electron chi connectivity index (χ0n) is 10.2. The van der Waals surface area contributed by atoms with E-state index in [1.165, 1.54) is 25.7 Å². The van der Waals surface area contributed by atoms with E-state index in [0.29, 0.717) is 6.61 Å². The zero-order valence-corrected chi connectivity index (χ0v) is 11.1. The van der Waals surface area contributed by atoms with Crippen molar-refractivity contribution in [1.29, 1.82) is 0 Å². The third-order valence-electron chi connectivity index (χ3n) is 4.08. The van der Waals surface area contributed by atoms with Gasteiger partial charge in [-0.1, -0.05) is 26.2 Å². The summed E-state index contributed by atoms with van der Waals surface area (Å²) in [6.07, 6.45) is 8.78. The fraction of sp³-hybridized carbons (Fsp3) is 1.00. The lowest BCUT2D eigenvalue weighted by atomic mass is 9.62. The average molecular weight is 246 g/mol. The smallest absolute Gasteiger partial charge is 0.264 e. The predicted molar refractivity (Wildman–Crippen MR) is 63.6 cm³/mol. The van der Waals surface area contributed by atoms with Crippen LogP contribution >= 0.6 is 0 Å². The van der Waals surface area contributed by atoms with Crippen LogP contribution in [0.4, 0.5) is 0 Å². The van der Waals surface area contributed by atoms with Gasteiger partial charge in [0.25, 0.3) is 10.1 Å². The second-order valence-electron chi connectivity index (χ2n) is 6.08. The molecule has 94 valence electrons. The lowest BCUT2D eigenvalue weighted by Crippen LogP contribution is -2.37. The van der Waals surface area contributed by atoms with Crippen LogP contribution in [-0.2, 0) is 14.3 Å². The zero-order chi connectivity index (χ0) is 11.8. The van der Waals surface area contributed by atoms with Crippen LogP contribution in [-0.4, -0.2) is 21.3 Å². The third-order valence-corrected chi connectivity index (χ3v) is 4.62. The molecule has 4 heteroatoms. The van der Waals surface area contributed by atoms with Gasteiger partial charge in [0.05, 0.1) is 12.9 Å². The van der Waals surface area contributed by atoms with Crippen LogP contribution in [0.2, 0.25) is 0 Å². The normalized spacial score (nSPS) is 39.6. The molecule has 0 aromatic carbocycles. The van der Waals surface area contributed by atoms with Crippen LogP contribution in [0.1, 0.15) is 45.4 Å². The first-order valence-corrected chi connectivity index (χ1v) is 8.02. The molecule has 2 saturated carbocycles. The van der Waals surface area contributed by atoms with E-state index in [2.05, 4.69) is 6.92 Å². The fourth-order valence-electron chi connectivity index (χ4n) is 3.62. The molecule has 2 fully saturated rings. The van der Waals surface area contributed by atoms with E-state index in [0.717, 1.165) is 30.9 Å². The van der Waals surface area contributed by atoms with E-state index in [1.807, 2.05) is 0 Å². The molecule has 2 aliphatic rings. The van der Waals surface area contributed by atoms with Crippen molar-refractivity contribution in [2.75, 3.05) is 12.9 Å². The van der Waals surface area contributed by atoms with Crippen molar-refractivity contribution in [2.45, 2.75) is 45.4 Å². The van der Waals surface area contributed by atoms with Crippen molar-refractivity contribution < 1.29 is 12.6 Å². The molecule has 0 heterocycles. The lowest BCUT2D eigenvalue weighted by molar-refractivity contribution is 0.0320. The van der Waals surface area contributed by atoms with Crippen LogP contribution in [0.5, 0.6) is 0 Å². The molecule has 0 aliphatic heterocycles. The largest absolute Gasteiger partial charge is 0.270 e. The third kappa shape index (κ3) is 3.20. The summed E-state index contributed by atoms with van der Waals surface area (Å²) in [5, 5.41) is 0. The molecule has 2 atom stereocenters. The van der Waals surface area contributed by atoms with Gasteiger partial charge in [-0.25, -0.2) is 0 Å². The summed E-state index contributed by atoms with van der Waals surface area (Å²) in [5.74, 6) is 1.61. The van der Waals surface area contributed by atoms with E-state index < -0.39 is 10.1 Å². The Morgan fingerprint density at radius 2 is 1.81 bits per heavy atom. The van der Waals surface area contributed by atoms with Crippen LogP contribution < -0.4 is 0 Å². The molecule has 0 aromatic heterocycles. The van der Waals surface area contributed by atoms with Crippen molar-refractivity contribution in [3.63, 3.8) is 0 Å². The van der Waals surface area contributed by atoms with Gasteiger partial charge in [0.1, 0.15) is 0 Å². The van der Waals surface area contributed by atoms with Gasteiger partial charge < -0.3 is 0 Å². The highest BCUT2D eigenvalue weighted by Crippen LogP contribution is 2.48. The summed E-state index contributed by atoms with van der Waals surface area (Å²) in [4.78, 5) is 0. The number of hydrogen-bond donors (Lipinski definition) is 0. The molecule has 0 radical (unpaired) electrons. The van der Waals surface area contributed by atoms with E-state index in [-0.39, 0.29) is 5.41 Å². The molecule has 0 spiro atoms. The second-order valence-corrected chi connectivity index (χ2v) is 7.73. The van der Waals surface area contributed by atoms with E-state index in [1.54, 1.807) is 0 Å². The highest BCUT2D eigenvalue weighted by molar-refractivity contribution is 7.85. The SMILES string of the molecule is CC1(COS(C)(=O)=O)CC2CCCC(C2)C1. The Morgan fingerprint density at radius 1 is 1.25 bits per heavy atom. The highest BCUT2D eigenvalue weighted by Gasteiger charge is 2.39. The Morgan fingerprint density at radius 3 is 2.31 bits per heavy atom. The first-order chi connectivity index (χ1) is 7.36. The van der Waals surface area contributed by atoms with E-state index in [4.69, 9.17) is 4.18 Å². The summed E-state index contributed by atoms with van der Waals surface area (Å²) < 4.78 is 27.1. The van der Waals surface area contributed by atoms with Crippen LogP contribution in [0.3, 0.4) is 0 Å². The van der Waals surface area contributed by atoms with Crippen molar-refractivity contribution in [3.05, 3.63) is 0 Å². The lowest BCUT2D eigenvalue weighted by Gasteiger charge is -2.45. The first-order valence-electron chi connectivity index (χ1n) is 6.21. The van der Waals surface area contributed by atoms with E-state index in [9.17, 15) is 8.42 Å². The van der Waals surface area contributed by atoms with Gasteiger partial charge in [-0.3, -0.25) is 4.18 Å². The Kier molecular flexibility index (Phi) is 3.32. The topological polar surface area (TPSA) is 43.4 Å². The number of fused-ring (bicyclic) bond motifs is 2. The first kappa shape index (κ1) is 12.4. The Bertz CT molecular complexity index is 335. The molecule has 2 unspecified atom stereocenters. The molecule has 16 heavy (non-hydrogen) atoms. The summed E-state index contributed by atoms with van der Waals surface area (Å²) in [6, 6.07) is 0. The maximum Gasteiger partial charge on any atom is 0.264 e. The molecule has 2 aliphatic carbocycles. The minimum absolute atomic E-state index is 0.0804. The van der Waals surface area contributed by atoms with Gasteiger partial charge in [-0.05, 0) is 36.5 Å². The summed E-state index contributed by atoms with van der Waals surface area (Å²) in [7, 11) is -3.29. The molecule has 2 rings (SSSR count). The van der Waals surface area contributed by atoms with Gasteiger partial charge in [-0.15, -0.1) is 0 Å². The van der Waals surface area contributed by atoms with Crippen molar-refractivity contribution in [3.8, 4) is 0 Å². The average Bonchev–Trinajstić information content (AvgIpc) is 2.13. The second kappa shape index (κ2) is 4.30. The van der Waals surface area contributed by atoms with Crippen LogP contribution in [0, 0.1) is 17.3 Å². The maximum absolute atomic E-state index is 11.0. The molecule has 2 bridgehead atoms. The Balaban J connectivity index is 1.97. The van der Waals surface area contributed by atoms with Crippen molar-refractivity contribution in [2.24, 2.45) is 17.3 Å². The molecule has 0 N–H and O–H groups in total. The van der Waals surface area contributed by atoms with Gasteiger partial charge in [0, 0.05) is 0 Å². The minimum Gasteiger partial charge on any atom is -0.270 e. The highest BCUT2D eigenvalue weighted by atomic mass is 32.2. The summed E-state index contributed by atoms with van der Waals surface area (Å²) in [6.45, 7) is 2.56. The minimum atomic E-state index is -3.29. The van der Waals surface area contributed by atoms with Gasteiger partial charge >= 0.3 is 0 Å². The van der Waals surface area contributed by atoms with Crippen molar-refractivity contribution >= 4 is 10.1 Å². The van der Waals surface area contributed by atoms with Gasteiger partial charge in [-0.2, -0.15) is 8.42 Å². The number of hydrogen-bond acceptors (Lipinski definition) is 3. The molecular formula is C12H22O3S. The molecular weight excluding hydrogens is 224 g/mol. The number of rotatable bonds is 3. The summed E-state index contributed by atoms with van der Waals surface area (Å²) >= 11 is 0. The molecule has 0 saturated heterocycles. The monoisotopic (exact) mass is 246 g/mol. The molecule has 0 aromatic rings. The Hall–Kier alpha value is -0.0900. The Labute approximate surface area is 98.7 Å². The summed E-state index contributed by atoms with van der Waals surface area (Å²) in [5.41, 5.74) is 0.0804. The predicted octanol–water partition coefficient (Wildman–Crippen LogP) is 2.57. The van der Waals surface area contributed by atoms with Crippen LogP contribution in [0.15, 0.2) is 0 Å². The molecule has 0 amide bonds. The van der Waals surface area contributed by atoms with E-state index >= 15 is 0 Å².